The van der Waals surface area contributed by atoms with Gasteiger partial charge in [0, 0.05) is 0 Å². The molecule has 0 bridgehead atoms. The van der Waals surface area contributed by atoms with E-state index in [1.807, 2.05) is 12.1 Å². The fourth-order valence-electron chi connectivity index (χ4n) is 2.73. The van der Waals surface area contributed by atoms with Crippen LogP contribution < -0.4 is 0 Å². The number of rotatable bonds is 14. The van der Waals surface area contributed by atoms with Gasteiger partial charge in [-0.25, -0.2) is 9.79 Å². The maximum Gasteiger partial charge on any atom is 0.234 e. The third-order valence-electron chi connectivity index (χ3n) is 4.05. The van der Waals surface area contributed by atoms with Crippen molar-refractivity contribution in [3.63, 3.8) is 0 Å². The van der Waals surface area contributed by atoms with E-state index >= 15 is 0 Å². The zero-order valence-electron chi connectivity index (χ0n) is 13.9. The van der Waals surface area contributed by atoms with Crippen LogP contribution in [0.25, 0.3) is 0 Å². The molecule has 121 valence electrons. The van der Waals surface area contributed by atoms with E-state index in [9.17, 15) is 4.79 Å². The number of aryl methyl sites for hydroxylation is 1. The molecule has 22 heavy (non-hydrogen) atoms. The first-order chi connectivity index (χ1) is 10.9. The maximum atomic E-state index is 9.89. The summed E-state index contributed by atoms with van der Waals surface area (Å²) in [6.07, 6.45) is 17.1. The van der Waals surface area contributed by atoms with Gasteiger partial charge in [-0.15, -0.1) is 0 Å². The van der Waals surface area contributed by atoms with Gasteiger partial charge in [-0.3, -0.25) is 0 Å². The molecule has 0 aliphatic rings. The van der Waals surface area contributed by atoms with Crippen molar-refractivity contribution in [3.8, 4) is 0 Å². The van der Waals surface area contributed by atoms with Gasteiger partial charge in [-0.05, 0) is 30.9 Å². The monoisotopic (exact) mass is 300 g/mol. The Hall–Kier alpha value is -1.40. The molecule has 0 spiro atoms. The second-order valence-electron chi connectivity index (χ2n) is 6.00. The lowest BCUT2D eigenvalue weighted by Gasteiger charge is -2.03. The zero-order chi connectivity index (χ0) is 15.7. The second-order valence-corrected chi connectivity index (χ2v) is 6.00. The third-order valence-corrected chi connectivity index (χ3v) is 4.05. The van der Waals surface area contributed by atoms with Crippen molar-refractivity contribution < 1.29 is 4.79 Å². The summed E-state index contributed by atoms with van der Waals surface area (Å²) in [4.78, 5) is 13.5. The Morgan fingerprint density at radius 1 is 0.818 bits per heavy atom. The molecule has 0 atom stereocenters. The molecule has 0 aliphatic heterocycles. The molecule has 2 nitrogen and oxygen atoms in total. The highest BCUT2D eigenvalue weighted by Crippen LogP contribution is 2.12. The van der Waals surface area contributed by atoms with Gasteiger partial charge in [0.15, 0.2) is 0 Å². The van der Waals surface area contributed by atoms with Gasteiger partial charge in [0.05, 0.1) is 6.54 Å². The van der Waals surface area contributed by atoms with E-state index in [0.717, 1.165) is 6.42 Å². The van der Waals surface area contributed by atoms with Crippen LogP contribution >= 0.6 is 0 Å². The Kier molecular flexibility index (Phi) is 12.3. The highest BCUT2D eigenvalue weighted by Gasteiger charge is 1.95. The molecule has 0 aromatic heterocycles. The highest BCUT2D eigenvalue weighted by atomic mass is 16.1. The van der Waals surface area contributed by atoms with Crippen molar-refractivity contribution in [3.05, 3.63) is 35.9 Å². The number of aliphatic imine (C=N–C) groups is 1. The van der Waals surface area contributed by atoms with Crippen LogP contribution in [0.4, 0.5) is 0 Å². The average molecular weight is 300 g/mol. The van der Waals surface area contributed by atoms with E-state index in [1.54, 1.807) is 6.08 Å². The largest absolute Gasteiger partial charge is 0.234 e. The maximum absolute atomic E-state index is 9.89. The molecule has 1 aromatic carbocycles. The van der Waals surface area contributed by atoms with Gasteiger partial charge >= 0.3 is 0 Å². The summed E-state index contributed by atoms with van der Waals surface area (Å²) in [5, 5.41) is 0. The van der Waals surface area contributed by atoms with Crippen molar-refractivity contribution in [2.24, 2.45) is 4.99 Å². The predicted molar refractivity (Wildman–Crippen MR) is 92.8 cm³/mol. The van der Waals surface area contributed by atoms with Crippen LogP contribution in [0, 0.1) is 6.07 Å². The van der Waals surface area contributed by atoms with E-state index < -0.39 is 0 Å². The van der Waals surface area contributed by atoms with Crippen molar-refractivity contribution in [2.45, 2.75) is 77.0 Å². The molecule has 0 heterocycles. The van der Waals surface area contributed by atoms with Crippen LogP contribution in [0.15, 0.2) is 29.3 Å². The minimum atomic E-state index is 0.657. The first kappa shape index (κ1) is 18.6. The first-order valence-electron chi connectivity index (χ1n) is 8.92. The predicted octanol–water partition coefficient (Wildman–Crippen LogP) is 5.66. The Balaban J connectivity index is 1.76. The van der Waals surface area contributed by atoms with Gasteiger partial charge in [0.25, 0.3) is 0 Å². The Morgan fingerprint density at radius 2 is 1.41 bits per heavy atom. The van der Waals surface area contributed by atoms with Gasteiger partial charge in [0.1, 0.15) is 0 Å². The summed E-state index contributed by atoms with van der Waals surface area (Å²) in [6.45, 7) is 0.657. The normalized spacial score (nSPS) is 10.4. The lowest BCUT2D eigenvalue weighted by Crippen LogP contribution is -1.86. The standard InChI is InChI=1S/C20H30NO/c22-19-21-18-14-9-7-5-3-1-2-4-6-8-11-15-20-16-12-10-13-17-20/h10,12-13,16H,1-9,11,14-15,18H2. The molecule has 0 amide bonds. The van der Waals surface area contributed by atoms with E-state index in [-0.39, 0.29) is 0 Å². The van der Waals surface area contributed by atoms with E-state index in [0.29, 0.717) is 6.54 Å². The fraction of sp³-hybridized carbons (Fsp3) is 0.650. The highest BCUT2D eigenvalue weighted by molar-refractivity contribution is 5.32. The zero-order valence-corrected chi connectivity index (χ0v) is 13.9. The first-order valence-corrected chi connectivity index (χ1v) is 8.92. The molecule has 0 fully saturated rings. The Labute approximate surface area is 136 Å². The van der Waals surface area contributed by atoms with Crippen LogP contribution in [0.2, 0.25) is 0 Å². The molecule has 0 N–H and O–H groups in total. The third kappa shape index (κ3) is 11.3. The molecule has 1 rings (SSSR count). The van der Waals surface area contributed by atoms with Crippen molar-refractivity contribution >= 4 is 6.08 Å². The molecular weight excluding hydrogens is 270 g/mol. The van der Waals surface area contributed by atoms with E-state index in [1.165, 1.54) is 76.2 Å². The molecule has 1 radical (unpaired) electrons. The van der Waals surface area contributed by atoms with Crippen LogP contribution in [0.5, 0.6) is 0 Å². The lowest BCUT2D eigenvalue weighted by atomic mass is 10.0. The molecule has 0 aliphatic carbocycles. The number of nitrogens with zero attached hydrogens (tertiary/aromatic N) is 1. The van der Waals surface area contributed by atoms with Crippen molar-refractivity contribution in [1.29, 1.82) is 0 Å². The van der Waals surface area contributed by atoms with E-state index in [4.69, 9.17) is 0 Å². The lowest BCUT2D eigenvalue weighted by molar-refractivity contribution is 0.544. The summed E-state index contributed by atoms with van der Waals surface area (Å²) in [5.41, 5.74) is 1.35. The molecule has 1 aromatic rings. The summed E-state index contributed by atoms with van der Waals surface area (Å²) in [6, 6.07) is 11.6. The van der Waals surface area contributed by atoms with Crippen LogP contribution in [0.1, 0.15) is 76.2 Å². The number of unbranched alkanes of at least 4 members (excludes halogenated alkanes) is 10. The minimum absolute atomic E-state index is 0.657. The number of isocyanates is 1. The number of hydrogen-bond donors (Lipinski definition) is 0. The average Bonchev–Trinajstić information content (AvgIpc) is 2.56. The molecule has 0 unspecified atom stereocenters. The second kappa shape index (κ2) is 14.5. The van der Waals surface area contributed by atoms with Crippen LogP contribution in [-0.4, -0.2) is 12.6 Å². The van der Waals surface area contributed by atoms with Crippen LogP contribution in [-0.2, 0) is 11.2 Å². The van der Waals surface area contributed by atoms with Gasteiger partial charge in [-0.2, -0.15) is 0 Å². The van der Waals surface area contributed by atoms with Crippen molar-refractivity contribution in [1.82, 2.24) is 0 Å². The quantitative estimate of drug-likeness (QED) is 0.248. The summed E-state index contributed by atoms with van der Waals surface area (Å²) >= 11 is 0. The Bertz CT molecular complexity index is 395. The summed E-state index contributed by atoms with van der Waals surface area (Å²) in [5.74, 6) is 0. The minimum Gasteiger partial charge on any atom is -0.211 e. The van der Waals surface area contributed by atoms with Gasteiger partial charge < -0.3 is 0 Å². The number of carbonyl (C=O) groups excluding carboxylic acids is 1. The summed E-state index contributed by atoms with van der Waals surface area (Å²) in [7, 11) is 0. The topological polar surface area (TPSA) is 29.4 Å². The smallest absolute Gasteiger partial charge is 0.211 e. The molecule has 2 heteroatoms. The Morgan fingerprint density at radius 3 is 1.95 bits per heavy atom. The molecule has 0 saturated heterocycles. The van der Waals surface area contributed by atoms with Crippen molar-refractivity contribution in [2.75, 3.05) is 6.54 Å². The van der Waals surface area contributed by atoms with Gasteiger partial charge in [0.2, 0.25) is 6.08 Å². The molecule has 0 saturated carbocycles. The number of benzene rings is 1. The van der Waals surface area contributed by atoms with E-state index in [2.05, 4.69) is 23.2 Å². The molecular formula is C20H30NO. The number of hydrogen-bond acceptors (Lipinski definition) is 2. The summed E-state index contributed by atoms with van der Waals surface area (Å²) < 4.78 is 0. The fourth-order valence-corrected chi connectivity index (χ4v) is 2.73. The van der Waals surface area contributed by atoms with Gasteiger partial charge in [-0.1, -0.05) is 82.1 Å². The SMILES string of the molecule is O=C=NCCCCCCCCCCCCCc1[c]cccc1. The van der Waals surface area contributed by atoms with Crippen LogP contribution in [0.3, 0.4) is 0 Å².